The number of anilines is 1. The number of hydrogen-bond donors (Lipinski definition) is 3. The second kappa shape index (κ2) is 7.02. The topological polar surface area (TPSA) is 53.2 Å². The molecular formula is C14H14BrN3OS2. The molecule has 0 atom stereocenters. The lowest BCUT2D eigenvalue weighted by atomic mass is 10.1. The molecule has 21 heavy (non-hydrogen) atoms. The zero-order valence-electron chi connectivity index (χ0n) is 11.5. The van der Waals surface area contributed by atoms with Crippen LogP contribution in [0.25, 0.3) is 0 Å². The molecule has 0 saturated heterocycles. The molecule has 0 bridgehead atoms. The summed E-state index contributed by atoms with van der Waals surface area (Å²) >= 11 is 9.82. The van der Waals surface area contributed by atoms with E-state index in [1.807, 2.05) is 31.4 Å². The number of halogens is 1. The summed E-state index contributed by atoms with van der Waals surface area (Å²) < 4.78 is 0.883. The third-order valence-electron chi connectivity index (χ3n) is 2.71. The van der Waals surface area contributed by atoms with Gasteiger partial charge >= 0.3 is 0 Å². The van der Waals surface area contributed by atoms with E-state index in [0.29, 0.717) is 9.99 Å². The predicted molar refractivity (Wildman–Crippen MR) is 94.8 cm³/mol. The second-order valence-electron chi connectivity index (χ2n) is 4.48. The van der Waals surface area contributed by atoms with Gasteiger partial charge in [0.2, 0.25) is 0 Å². The molecule has 1 heterocycles. The molecule has 1 amide bonds. The third-order valence-corrected chi connectivity index (χ3v) is 4.60. The Morgan fingerprint density at radius 2 is 2.00 bits per heavy atom. The monoisotopic (exact) mass is 383 g/mol. The lowest BCUT2D eigenvalue weighted by molar-refractivity contribution is 0.0948. The molecule has 3 N–H and O–H groups in total. The van der Waals surface area contributed by atoms with E-state index in [-0.39, 0.29) is 5.91 Å². The summed E-state index contributed by atoms with van der Waals surface area (Å²) in [5.41, 5.74) is 8.44. The van der Waals surface area contributed by atoms with E-state index in [1.54, 1.807) is 6.07 Å². The summed E-state index contributed by atoms with van der Waals surface area (Å²) in [6, 6.07) is 7.77. The second-order valence-corrected chi connectivity index (χ2v) is 6.72. The summed E-state index contributed by atoms with van der Waals surface area (Å²) in [6.45, 7) is 4.03. The lowest BCUT2D eigenvalue weighted by Gasteiger charge is -2.13. The predicted octanol–water partition coefficient (Wildman–Crippen LogP) is 3.76. The molecule has 1 aromatic carbocycles. The number of carbonyl (C=O) groups excluding carboxylic acids is 1. The Labute approximate surface area is 141 Å². The van der Waals surface area contributed by atoms with Crippen LogP contribution in [0.1, 0.15) is 20.8 Å². The maximum Gasteiger partial charge on any atom is 0.279 e. The highest BCUT2D eigenvalue weighted by Gasteiger charge is 2.08. The maximum atomic E-state index is 11.9. The van der Waals surface area contributed by atoms with Crippen LogP contribution in [-0.4, -0.2) is 11.0 Å². The molecule has 0 aliphatic heterocycles. The molecule has 0 fully saturated rings. The number of thiocarbonyl (C=S) groups is 1. The molecule has 110 valence electrons. The first-order chi connectivity index (χ1) is 9.95. The highest BCUT2D eigenvalue weighted by molar-refractivity contribution is 9.10. The van der Waals surface area contributed by atoms with E-state index in [2.05, 4.69) is 38.2 Å². The first kappa shape index (κ1) is 15.9. The van der Waals surface area contributed by atoms with Crippen LogP contribution in [0.5, 0.6) is 0 Å². The van der Waals surface area contributed by atoms with E-state index in [0.717, 1.165) is 15.7 Å². The molecule has 0 spiro atoms. The minimum absolute atomic E-state index is 0.226. The summed E-state index contributed by atoms with van der Waals surface area (Å²) in [4.78, 5) is 12.5. The van der Waals surface area contributed by atoms with Gasteiger partial charge in [-0.3, -0.25) is 15.6 Å². The maximum absolute atomic E-state index is 11.9. The molecule has 0 radical (unpaired) electrons. The quantitative estimate of drug-likeness (QED) is 0.545. The van der Waals surface area contributed by atoms with Crippen molar-refractivity contribution in [3.05, 3.63) is 50.1 Å². The summed E-state index contributed by atoms with van der Waals surface area (Å²) in [5.74, 6) is -0.226. The minimum Gasteiger partial charge on any atom is -0.331 e. The molecule has 2 rings (SSSR count). The number of carbonyl (C=O) groups is 1. The molecular weight excluding hydrogens is 370 g/mol. The van der Waals surface area contributed by atoms with E-state index < -0.39 is 0 Å². The number of nitrogens with one attached hydrogen (secondary N) is 3. The molecule has 0 aliphatic carbocycles. The van der Waals surface area contributed by atoms with Crippen molar-refractivity contribution in [3.63, 3.8) is 0 Å². The molecule has 7 heteroatoms. The summed E-state index contributed by atoms with van der Waals surface area (Å²) in [6.07, 6.45) is 0. The average molecular weight is 384 g/mol. The number of thiophene rings is 1. The molecule has 2 aromatic rings. The van der Waals surface area contributed by atoms with Crippen LogP contribution in [-0.2, 0) is 0 Å². The van der Waals surface area contributed by atoms with Gasteiger partial charge < -0.3 is 5.32 Å². The van der Waals surface area contributed by atoms with Gasteiger partial charge in [-0.25, -0.2) is 0 Å². The summed E-state index contributed by atoms with van der Waals surface area (Å²) in [7, 11) is 0. The van der Waals surface area contributed by atoms with Crippen LogP contribution in [0.2, 0.25) is 0 Å². The normalized spacial score (nSPS) is 10.0. The van der Waals surface area contributed by atoms with Gasteiger partial charge in [0.15, 0.2) is 5.11 Å². The van der Waals surface area contributed by atoms with E-state index >= 15 is 0 Å². The van der Waals surface area contributed by atoms with Gasteiger partial charge in [0.1, 0.15) is 0 Å². The van der Waals surface area contributed by atoms with Crippen molar-refractivity contribution < 1.29 is 4.79 Å². The number of hydrogen-bond acceptors (Lipinski definition) is 3. The fraction of sp³-hybridized carbons (Fsp3) is 0.143. The smallest absolute Gasteiger partial charge is 0.279 e. The SMILES string of the molecule is Cc1ccc(NC(=S)NNC(=O)c2cc(Br)cs2)c(C)c1. The van der Waals surface area contributed by atoms with Crippen molar-refractivity contribution in [2.75, 3.05) is 5.32 Å². The van der Waals surface area contributed by atoms with Crippen LogP contribution in [0.15, 0.2) is 34.1 Å². The Morgan fingerprint density at radius 1 is 1.24 bits per heavy atom. The van der Waals surface area contributed by atoms with E-state index in [9.17, 15) is 4.79 Å². The molecule has 0 aliphatic rings. The van der Waals surface area contributed by atoms with Crippen LogP contribution in [0, 0.1) is 13.8 Å². The van der Waals surface area contributed by atoms with E-state index in [1.165, 1.54) is 16.9 Å². The van der Waals surface area contributed by atoms with Gasteiger partial charge in [0.25, 0.3) is 5.91 Å². The fourth-order valence-electron chi connectivity index (χ4n) is 1.71. The van der Waals surface area contributed by atoms with Crippen LogP contribution < -0.4 is 16.2 Å². The van der Waals surface area contributed by atoms with Crippen molar-refractivity contribution in [1.82, 2.24) is 10.9 Å². The highest BCUT2D eigenvalue weighted by atomic mass is 79.9. The number of hydrazine groups is 1. The van der Waals surface area contributed by atoms with E-state index in [4.69, 9.17) is 12.2 Å². The van der Waals surface area contributed by atoms with Gasteiger partial charge in [0, 0.05) is 15.5 Å². The Kier molecular flexibility index (Phi) is 5.33. The fourth-order valence-corrected chi connectivity index (χ4v) is 3.20. The third kappa shape index (κ3) is 4.52. The standard InChI is InChI=1S/C14H14BrN3OS2/c1-8-3-4-11(9(2)5-8)16-14(20)18-17-13(19)12-6-10(15)7-21-12/h3-7H,1-2H3,(H,17,19)(H2,16,18,20). The number of rotatable bonds is 2. The molecule has 4 nitrogen and oxygen atoms in total. The van der Waals surface area contributed by atoms with Crippen molar-refractivity contribution in [3.8, 4) is 0 Å². The molecule has 0 saturated carbocycles. The Bertz CT molecular complexity index is 685. The lowest BCUT2D eigenvalue weighted by Crippen LogP contribution is -2.43. The van der Waals surface area contributed by atoms with Crippen molar-refractivity contribution >= 4 is 56.2 Å². The highest BCUT2D eigenvalue weighted by Crippen LogP contribution is 2.19. The minimum atomic E-state index is -0.226. The first-order valence-electron chi connectivity index (χ1n) is 6.14. The zero-order valence-corrected chi connectivity index (χ0v) is 14.7. The largest absolute Gasteiger partial charge is 0.331 e. The zero-order chi connectivity index (χ0) is 15.4. The van der Waals surface area contributed by atoms with Crippen LogP contribution in [0.3, 0.4) is 0 Å². The van der Waals surface area contributed by atoms with Gasteiger partial charge in [-0.15, -0.1) is 11.3 Å². The Balaban J connectivity index is 1.89. The number of benzene rings is 1. The van der Waals surface area contributed by atoms with Gasteiger partial charge in [-0.1, -0.05) is 17.7 Å². The first-order valence-corrected chi connectivity index (χ1v) is 8.22. The van der Waals surface area contributed by atoms with Crippen LogP contribution in [0.4, 0.5) is 5.69 Å². The molecule has 0 unspecified atom stereocenters. The number of aryl methyl sites for hydroxylation is 2. The summed E-state index contributed by atoms with van der Waals surface area (Å²) in [5, 5.41) is 5.24. The van der Waals surface area contributed by atoms with Gasteiger partial charge in [-0.2, -0.15) is 0 Å². The van der Waals surface area contributed by atoms with Gasteiger partial charge in [-0.05, 0) is 59.7 Å². The van der Waals surface area contributed by atoms with Crippen molar-refractivity contribution in [1.29, 1.82) is 0 Å². The molecule has 1 aromatic heterocycles. The average Bonchev–Trinajstić information content (AvgIpc) is 2.86. The number of amides is 1. The van der Waals surface area contributed by atoms with Crippen LogP contribution >= 0.6 is 39.5 Å². The van der Waals surface area contributed by atoms with Gasteiger partial charge in [0.05, 0.1) is 4.88 Å². The Morgan fingerprint density at radius 3 is 2.62 bits per heavy atom. The van der Waals surface area contributed by atoms with Crippen molar-refractivity contribution in [2.24, 2.45) is 0 Å². The van der Waals surface area contributed by atoms with Crippen molar-refractivity contribution in [2.45, 2.75) is 13.8 Å². The Hall–Kier alpha value is -1.44.